The Morgan fingerprint density at radius 2 is 1.94 bits per heavy atom. The van der Waals surface area contributed by atoms with Gasteiger partial charge in [0.15, 0.2) is 0 Å². The van der Waals surface area contributed by atoms with Crippen LogP contribution in [-0.4, -0.2) is 4.98 Å². The van der Waals surface area contributed by atoms with Crippen molar-refractivity contribution in [1.82, 2.24) is 4.98 Å². The number of aromatic nitrogens is 1. The third kappa shape index (κ3) is 2.75. The molecule has 2 aromatic rings. The van der Waals surface area contributed by atoms with E-state index in [2.05, 4.69) is 4.98 Å². The Balaban J connectivity index is 2.20. The number of nitrogens with zero attached hydrogens (tertiary/aromatic N) is 1. The van der Waals surface area contributed by atoms with Crippen LogP contribution in [0, 0.1) is 0 Å². The molecule has 0 aliphatic carbocycles. The summed E-state index contributed by atoms with van der Waals surface area (Å²) in [6.45, 7) is 0. The van der Waals surface area contributed by atoms with E-state index in [1.807, 2.05) is 36.4 Å². The largest absolute Gasteiger partial charge is 0.383 e. The first-order chi connectivity index (χ1) is 8.18. The molecule has 0 saturated heterocycles. The lowest BCUT2D eigenvalue weighted by atomic mass is 10.00. The van der Waals surface area contributed by atoms with Gasteiger partial charge in [-0.2, -0.15) is 0 Å². The van der Waals surface area contributed by atoms with Gasteiger partial charge in [0.2, 0.25) is 0 Å². The van der Waals surface area contributed by atoms with Crippen molar-refractivity contribution in [1.29, 1.82) is 0 Å². The molecule has 0 spiro atoms. The summed E-state index contributed by atoms with van der Waals surface area (Å²) < 4.78 is 0. The summed E-state index contributed by atoms with van der Waals surface area (Å²) in [6, 6.07) is 11.2. The lowest BCUT2D eigenvalue weighted by Crippen LogP contribution is -2.15. The predicted molar refractivity (Wildman–Crippen MR) is 70.7 cm³/mol. The van der Waals surface area contributed by atoms with E-state index in [0.29, 0.717) is 17.3 Å². The fourth-order valence-corrected chi connectivity index (χ4v) is 2.02. The number of anilines is 1. The SMILES string of the molecule is Nc1ncccc1CC(N)c1ccccc1Cl. The summed E-state index contributed by atoms with van der Waals surface area (Å²) in [6.07, 6.45) is 2.29. The average molecular weight is 248 g/mol. The second-order valence-electron chi connectivity index (χ2n) is 3.88. The molecule has 0 amide bonds. The maximum absolute atomic E-state index is 6.13. The van der Waals surface area contributed by atoms with E-state index in [1.54, 1.807) is 6.20 Å². The molecule has 4 heteroatoms. The van der Waals surface area contributed by atoms with E-state index in [-0.39, 0.29) is 6.04 Å². The van der Waals surface area contributed by atoms with Crippen molar-refractivity contribution in [3.8, 4) is 0 Å². The molecule has 2 rings (SSSR count). The number of nitrogens with two attached hydrogens (primary N) is 2. The van der Waals surface area contributed by atoms with E-state index in [0.717, 1.165) is 11.1 Å². The molecule has 1 heterocycles. The number of benzene rings is 1. The molecule has 1 atom stereocenters. The third-order valence-electron chi connectivity index (χ3n) is 2.67. The minimum absolute atomic E-state index is 0.171. The van der Waals surface area contributed by atoms with Gasteiger partial charge in [-0.3, -0.25) is 0 Å². The number of hydrogen-bond acceptors (Lipinski definition) is 3. The number of hydrogen-bond donors (Lipinski definition) is 2. The van der Waals surface area contributed by atoms with E-state index in [4.69, 9.17) is 23.1 Å². The van der Waals surface area contributed by atoms with Crippen LogP contribution < -0.4 is 11.5 Å². The fourth-order valence-electron chi connectivity index (χ4n) is 1.75. The Morgan fingerprint density at radius 1 is 1.18 bits per heavy atom. The molecule has 0 saturated carbocycles. The number of nitrogen functional groups attached to an aromatic ring is 1. The Hall–Kier alpha value is -1.58. The summed E-state index contributed by atoms with van der Waals surface area (Å²) in [5, 5.41) is 0.683. The smallest absolute Gasteiger partial charge is 0.126 e. The molecular formula is C13H14ClN3. The van der Waals surface area contributed by atoms with Crippen LogP contribution in [0.3, 0.4) is 0 Å². The normalized spacial score (nSPS) is 12.4. The number of pyridine rings is 1. The maximum atomic E-state index is 6.13. The minimum atomic E-state index is -0.171. The van der Waals surface area contributed by atoms with Crippen LogP contribution in [0.4, 0.5) is 5.82 Å². The van der Waals surface area contributed by atoms with Crippen LogP contribution >= 0.6 is 11.6 Å². The van der Waals surface area contributed by atoms with E-state index in [9.17, 15) is 0 Å². The molecule has 0 aliphatic rings. The van der Waals surface area contributed by atoms with Crippen molar-refractivity contribution < 1.29 is 0 Å². The van der Waals surface area contributed by atoms with Gasteiger partial charge in [-0.25, -0.2) is 4.98 Å². The first kappa shape index (κ1) is 11.9. The van der Waals surface area contributed by atoms with Crippen LogP contribution in [-0.2, 0) is 6.42 Å². The minimum Gasteiger partial charge on any atom is -0.383 e. The maximum Gasteiger partial charge on any atom is 0.126 e. The summed E-state index contributed by atoms with van der Waals surface area (Å²) >= 11 is 6.10. The van der Waals surface area contributed by atoms with Crippen molar-refractivity contribution in [2.75, 3.05) is 5.73 Å². The molecule has 1 aromatic carbocycles. The summed E-state index contributed by atoms with van der Waals surface area (Å²) in [7, 11) is 0. The second-order valence-corrected chi connectivity index (χ2v) is 4.29. The van der Waals surface area contributed by atoms with Crippen LogP contribution in [0.15, 0.2) is 42.6 Å². The van der Waals surface area contributed by atoms with Crippen molar-refractivity contribution in [2.24, 2.45) is 5.73 Å². The standard InChI is InChI=1S/C13H14ClN3/c14-11-6-2-1-5-10(11)12(15)8-9-4-3-7-17-13(9)16/h1-7,12H,8,15H2,(H2,16,17). The van der Waals surface area contributed by atoms with Crippen molar-refractivity contribution in [3.05, 3.63) is 58.7 Å². The fraction of sp³-hybridized carbons (Fsp3) is 0.154. The van der Waals surface area contributed by atoms with Gasteiger partial charge in [0.25, 0.3) is 0 Å². The molecule has 1 unspecified atom stereocenters. The van der Waals surface area contributed by atoms with Crippen LogP contribution in [0.5, 0.6) is 0 Å². The molecule has 1 aromatic heterocycles. The molecule has 17 heavy (non-hydrogen) atoms. The van der Waals surface area contributed by atoms with Crippen molar-refractivity contribution >= 4 is 17.4 Å². The average Bonchev–Trinajstić information content (AvgIpc) is 2.32. The number of halogens is 1. The van der Waals surface area contributed by atoms with Gasteiger partial charge in [-0.05, 0) is 29.7 Å². The van der Waals surface area contributed by atoms with Gasteiger partial charge in [-0.15, -0.1) is 0 Å². The van der Waals surface area contributed by atoms with Crippen LogP contribution in [0.1, 0.15) is 17.2 Å². The molecule has 0 aliphatic heterocycles. The first-order valence-electron chi connectivity index (χ1n) is 5.38. The van der Waals surface area contributed by atoms with Gasteiger partial charge in [0, 0.05) is 17.3 Å². The van der Waals surface area contributed by atoms with E-state index >= 15 is 0 Å². The highest BCUT2D eigenvalue weighted by Crippen LogP contribution is 2.24. The Labute approximate surface area is 105 Å². The van der Waals surface area contributed by atoms with E-state index in [1.165, 1.54) is 0 Å². The zero-order valence-corrected chi connectivity index (χ0v) is 10.1. The molecule has 0 bridgehead atoms. The van der Waals surface area contributed by atoms with Gasteiger partial charge in [0.05, 0.1) is 0 Å². The quantitative estimate of drug-likeness (QED) is 0.876. The highest BCUT2D eigenvalue weighted by molar-refractivity contribution is 6.31. The summed E-state index contributed by atoms with van der Waals surface area (Å²) in [4.78, 5) is 4.04. The summed E-state index contributed by atoms with van der Waals surface area (Å²) in [5.74, 6) is 0.523. The van der Waals surface area contributed by atoms with Gasteiger partial charge < -0.3 is 11.5 Å². The molecule has 88 valence electrons. The molecule has 4 N–H and O–H groups in total. The van der Waals surface area contributed by atoms with Crippen LogP contribution in [0.2, 0.25) is 5.02 Å². The lowest BCUT2D eigenvalue weighted by Gasteiger charge is -2.14. The molecule has 0 radical (unpaired) electrons. The third-order valence-corrected chi connectivity index (χ3v) is 3.01. The number of rotatable bonds is 3. The highest BCUT2D eigenvalue weighted by atomic mass is 35.5. The molecule has 3 nitrogen and oxygen atoms in total. The Morgan fingerprint density at radius 3 is 2.65 bits per heavy atom. The first-order valence-corrected chi connectivity index (χ1v) is 5.75. The topological polar surface area (TPSA) is 64.9 Å². The van der Waals surface area contributed by atoms with E-state index < -0.39 is 0 Å². The van der Waals surface area contributed by atoms with Crippen molar-refractivity contribution in [3.63, 3.8) is 0 Å². The van der Waals surface area contributed by atoms with Gasteiger partial charge >= 0.3 is 0 Å². The van der Waals surface area contributed by atoms with Gasteiger partial charge in [0.1, 0.15) is 5.82 Å². The predicted octanol–water partition coefficient (Wildman–Crippen LogP) is 2.56. The molecule has 0 fully saturated rings. The summed E-state index contributed by atoms with van der Waals surface area (Å²) in [5.41, 5.74) is 13.8. The van der Waals surface area contributed by atoms with Crippen molar-refractivity contribution in [2.45, 2.75) is 12.5 Å². The monoisotopic (exact) mass is 247 g/mol. The highest BCUT2D eigenvalue weighted by Gasteiger charge is 2.11. The Kier molecular flexibility index (Phi) is 3.61. The van der Waals surface area contributed by atoms with Crippen LogP contribution in [0.25, 0.3) is 0 Å². The Bertz CT molecular complexity index is 514. The zero-order chi connectivity index (χ0) is 12.3. The second kappa shape index (κ2) is 5.17. The zero-order valence-electron chi connectivity index (χ0n) is 9.31. The molecular weight excluding hydrogens is 234 g/mol. The van der Waals surface area contributed by atoms with Gasteiger partial charge in [-0.1, -0.05) is 35.9 Å². The lowest BCUT2D eigenvalue weighted by molar-refractivity contribution is 0.721.